The minimum Gasteiger partial charge on any atom is -0.358 e. The fourth-order valence-corrected chi connectivity index (χ4v) is 1.70. The molecule has 17 heavy (non-hydrogen) atoms. The highest BCUT2D eigenvalue weighted by Gasteiger charge is 2.19. The van der Waals surface area contributed by atoms with Gasteiger partial charge in [0, 0.05) is 24.3 Å². The van der Waals surface area contributed by atoms with Crippen LogP contribution in [0.5, 0.6) is 0 Å². The molecule has 0 aliphatic heterocycles. The predicted molar refractivity (Wildman–Crippen MR) is 67.6 cm³/mol. The SMILES string of the molecule is CCN(CC(=O)NC)C(=O)c1ncccc1Br. The Morgan fingerprint density at radius 2 is 2.24 bits per heavy atom. The van der Waals surface area contributed by atoms with Crippen LogP contribution in [0.15, 0.2) is 22.8 Å². The van der Waals surface area contributed by atoms with Gasteiger partial charge in [-0.15, -0.1) is 0 Å². The highest BCUT2D eigenvalue weighted by atomic mass is 79.9. The number of likely N-dealkylation sites (N-methyl/N-ethyl adjacent to an activating group) is 2. The number of carbonyl (C=O) groups excluding carboxylic acids is 2. The van der Waals surface area contributed by atoms with Gasteiger partial charge in [0.15, 0.2) is 0 Å². The van der Waals surface area contributed by atoms with Crippen molar-refractivity contribution in [3.8, 4) is 0 Å². The molecular weight excluding hydrogens is 286 g/mol. The maximum absolute atomic E-state index is 12.1. The molecule has 6 heteroatoms. The monoisotopic (exact) mass is 299 g/mol. The van der Waals surface area contributed by atoms with E-state index in [2.05, 4.69) is 26.2 Å². The number of halogens is 1. The summed E-state index contributed by atoms with van der Waals surface area (Å²) >= 11 is 3.27. The van der Waals surface area contributed by atoms with Gasteiger partial charge in [0.25, 0.3) is 5.91 Å². The molecule has 0 aromatic carbocycles. The molecule has 0 aliphatic rings. The molecule has 0 saturated heterocycles. The van der Waals surface area contributed by atoms with Crippen LogP contribution in [0, 0.1) is 0 Å². The van der Waals surface area contributed by atoms with Crippen LogP contribution in [0.4, 0.5) is 0 Å². The zero-order valence-corrected chi connectivity index (χ0v) is 11.3. The molecule has 92 valence electrons. The Labute approximate surface area is 108 Å². The summed E-state index contributed by atoms with van der Waals surface area (Å²) in [6.07, 6.45) is 1.55. The lowest BCUT2D eigenvalue weighted by Gasteiger charge is -2.19. The number of aromatic nitrogens is 1. The summed E-state index contributed by atoms with van der Waals surface area (Å²) in [7, 11) is 1.54. The second kappa shape index (κ2) is 6.34. The fourth-order valence-electron chi connectivity index (χ4n) is 1.27. The van der Waals surface area contributed by atoms with Crippen molar-refractivity contribution in [1.29, 1.82) is 0 Å². The second-order valence-corrected chi connectivity index (χ2v) is 4.18. The van der Waals surface area contributed by atoms with E-state index < -0.39 is 0 Å². The fraction of sp³-hybridized carbons (Fsp3) is 0.364. The number of rotatable bonds is 4. The average molecular weight is 300 g/mol. The van der Waals surface area contributed by atoms with E-state index in [0.717, 1.165) is 0 Å². The lowest BCUT2D eigenvalue weighted by molar-refractivity contribution is -0.121. The number of amides is 2. The summed E-state index contributed by atoms with van der Waals surface area (Å²) in [5.74, 6) is -0.462. The molecule has 0 fully saturated rings. The van der Waals surface area contributed by atoms with Gasteiger partial charge in [-0.1, -0.05) is 0 Å². The van der Waals surface area contributed by atoms with Crippen molar-refractivity contribution in [3.63, 3.8) is 0 Å². The maximum Gasteiger partial charge on any atom is 0.274 e. The van der Waals surface area contributed by atoms with Gasteiger partial charge in [-0.05, 0) is 35.0 Å². The number of pyridine rings is 1. The van der Waals surface area contributed by atoms with E-state index in [1.165, 1.54) is 11.9 Å². The lowest BCUT2D eigenvalue weighted by Crippen LogP contribution is -2.39. The second-order valence-electron chi connectivity index (χ2n) is 3.33. The van der Waals surface area contributed by atoms with E-state index in [1.807, 2.05) is 6.92 Å². The van der Waals surface area contributed by atoms with E-state index in [-0.39, 0.29) is 18.4 Å². The van der Waals surface area contributed by atoms with Gasteiger partial charge in [-0.2, -0.15) is 0 Å². The highest BCUT2D eigenvalue weighted by molar-refractivity contribution is 9.10. The molecule has 0 radical (unpaired) electrons. The Morgan fingerprint density at radius 3 is 2.76 bits per heavy atom. The molecule has 1 N–H and O–H groups in total. The first-order valence-electron chi connectivity index (χ1n) is 5.20. The molecular formula is C11H14BrN3O2. The number of nitrogens with one attached hydrogen (secondary N) is 1. The summed E-state index contributed by atoms with van der Waals surface area (Å²) in [4.78, 5) is 28.8. The topological polar surface area (TPSA) is 62.3 Å². The van der Waals surface area contributed by atoms with E-state index in [9.17, 15) is 9.59 Å². The van der Waals surface area contributed by atoms with E-state index >= 15 is 0 Å². The summed E-state index contributed by atoms with van der Waals surface area (Å²) < 4.78 is 0.625. The molecule has 2 amide bonds. The van der Waals surface area contributed by atoms with Crippen LogP contribution in [0.2, 0.25) is 0 Å². The van der Waals surface area contributed by atoms with Crippen molar-refractivity contribution < 1.29 is 9.59 Å². The van der Waals surface area contributed by atoms with Gasteiger partial charge in [-0.25, -0.2) is 4.98 Å². The highest BCUT2D eigenvalue weighted by Crippen LogP contribution is 2.15. The third-order valence-electron chi connectivity index (χ3n) is 2.24. The number of carbonyl (C=O) groups is 2. The molecule has 1 heterocycles. The number of hydrogen-bond acceptors (Lipinski definition) is 3. The zero-order chi connectivity index (χ0) is 12.8. The van der Waals surface area contributed by atoms with Crippen molar-refractivity contribution in [3.05, 3.63) is 28.5 Å². The number of nitrogens with zero attached hydrogens (tertiary/aromatic N) is 2. The van der Waals surface area contributed by atoms with Crippen LogP contribution in [0.3, 0.4) is 0 Å². The van der Waals surface area contributed by atoms with Crippen molar-refractivity contribution >= 4 is 27.7 Å². The smallest absolute Gasteiger partial charge is 0.274 e. The van der Waals surface area contributed by atoms with Crippen LogP contribution in [0.1, 0.15) is 17.4 Å². The van der Waals surface area contributed by atoms with Crippen LogP contribution < -0.4 is 5.32 Å². The molecule has 0 unspecified atom stereocenters. The Hall–Kier alpha value is -1.43. The van der Waals surface area contributed by atoms with Crippen molar-refractivity contribution in [2.45, 2.75) is 6.92 Å². The van der Waals surface area contributed by atoms with Crippen LogP contribution in [-0.4, -0.2) is 41.8 Å². The van der Waals surface area contributed by atoms with Crippen LogP contribution >= 0.6 is 15.9 Å². The standard InChI is InChI=1S/C11H14BrN3O2/c1-3-15(7-9(16)13-2)11(17)10-8(12)5-4-6-14-10/h4-6H,3,7H2,1-2H3,(H,13,16). The first-order valence-corrected chi connectivity index (χ1v) is 5.99. The van der Waals surface area contributed by atoms with Crippen molar-refractivity contribution in [2.75, 3.05) is 20.1 Å². The van der Waals surface area contributed by atoms with Crippen molar-refractivity contribution in [2.24, 2.45) is 0 Å². The average Bonchev–Trinajstić information content (AvgIpc) is 2.35. The molecule has 1 aromatic heterocycles. The third kappa shape index (κ3) is 3.52. The maximum atomic E-state index is 12.1. The summed E-state index contributed by atoms with van der Waals surface area (Å²) in [5.41, 5.74) is 0.318. The van der Waals surface area contributed by atoms with Gasteiger partial charge < -0.3 is 10.2 Å². The van der Waals surface area contributed by atoms with Gasteiger partial charge in [0.05, 0.1) is 6.54 Å². The first-order chi connectivity index (χ1) is 8.10. The van der Waals surface area contributed by atoms with E-state index in [4.69, 9.17) is 0 Å². The van der Waals surface area contributed by atoms with E-state index in [1.54, 1.807) is 18.3 Å². The normalized spacial score (nSPS) is 9.82. The van der Waals surface area contributed by atoms with Gasteiger partial charge in [0.1, 0.15) is 5.69 Å². The molecule has 0 saturated carbocycles. The van der Waals surface area contributed by atoms with Crippen LogP contribution in [-0.2, 0) is 4.79 Å². The van der Waals surface area contributed by atoms with Gasteiger partial charge in [0.2, 0.25) is 5.91 Å². The van der Waals surface area contributed by atoms with E-state index in [0.29, 0.717) is 16.7 Å². The minimum atomic E-state index is -0.261. The molecule has 0 aliphatic carbocycles. The number of hydrogen-bond donors (Lipinski definition) is 1. The quantitative estimate of drug-likeness (QED) is 0.904. The Balaban J connectivity index is 2.87. The van der Waals surface area contributed by atoms with Gasteiger partial charge in [-0.3, -0.25) is 9.59 Å². The molecule has 0 spiro atoms. The molecule has 1 rings (SSSR count). The first kappa shape index (κ1) is 13.6. The van der Waals surface area contributed by atoms with Crippen molar-refractivity contribution in [1.82, 2.24) is 15.2 Å². The van der Waals surface area contributed by atoms with Gasteiger partial charge >= 0.3 is 0 Å². The predicted octanol–water partition coefficient (Wildman–Crippen LogP) is 1.05. The molecule has 0 bridgehead atoms. The van der Waals surface area contributed by atoms with Crippen LogP contribution in [0.25, 0.3) is 0 Å². The Kier molecular flexibility index (Phi) is 5.09. The largest absolute Gasteiger partial charge is 0.358 e. The molecule has 5 nitrogen and oxygen atoms in total. The summed E-state index contributed by atoms with van der Waals surface area (Å²) in [5, 5.41) is 2.49. The Bertz CT molecular complexity index is 423. The minimum absolute atomic E-state index is 0.0366. The molecule has 1 aromatic rings. The lowest BCUT2D eigenvalue weighted by atomic mass is 10.3. The molecule has 0 atom stereocenters. The summed E-state index contributed by atoms with van der Waals surface area (Å²) in [6.45, 7) is 2.31. The summed E-state index contributed by atoms with van der Waals surface area (Å²) in [6, 6.07) is 3.48. The third-order valence-corrected chi connectivity index (χ3v) is 2.88. The zero-order valence-electron chi connectivity index (χ0n) is 9.74. The Morgan fingerprint density at radius 1 is 1.53 bits per heavy atom.